The van der Waals surface area contributed by atoms with Gasteiger partial charge in [-0.05, 0) is 49.4 Å². The van der Waals surface area contributed by atoms with Crippen LogP contribution in [0.25, 0.3) is 0 Å². The van der Waals surface area contributed by atoms with Crippen molar-refractivity contribution in [3.8, 4) is 5.75 Å². The molecule has 2 rings (SSSR count). The Labute approximate surface area is 184 Å². The van der Waals surface area contributed by atoms with Gasteiger partial charge in [0.05, 0.1) is 11.3 Å². The molecule has 0 bridgehead atoms. The minimum Gasteiger partial charge on any atom is -0.452 e. The molecule has 2 aromatic rings. The van der Waals surface area contributed by atoms with E-state index in [9.17, 15) is 40.0 Å². The summed E-state index contributed by atoms with van der Waals surface area (Å²) in [6, 6.07) is 6.17. The Balaban J connectivity index is 1.81. The molecule has 0 spiro atoms. The lowest BCUT2D eigenvalue weighted by Gasteiger charge is -2.14. The number of sulfonamides is 1. The van der Waals surface area contributed by atoms with E-state index in [1.54, 1.807) is 0 Å². The molecular weight excluding hydrogens is 479 g/mol. The zero-order chi connectivity index (χ0) is 24.8. The lowest BCUT2D eigenvalue weighted by molar-refractivity contribution is -0.274. The minimum atomic E-state index is -4.86. The van der Waals surface area contributed by atoms with Crippen LogP contribution >= 0.6 is 0 Å². The fourth-order valence-corrected chi connectivity index (χ4v) is 3.35. The summed E-state index contributed by atoms with van der Waals surface area (Å²) in [6.45, 7) is 0.773. The molecule has 8 nitrogen and oxygen atoms in total. The van der Waals surface area contributed by atoms with Crippen molar-refractivity contribution in [2.45, 2.75) is 30.7 Å². The monoisotopic (exact) mass is 496 g/mol. The normalized spacial score (nSPS) is 12.7. The van der Waals surface area contributed by atoms with Gasteiger partial charge in [0.2, 0.25) is 10.0 Å². The van der Waals surface area contributed by atoms with Crippen LogP contribution in [0.2, 0.25) is 0 Å². The van der Waals surface area contributed by atoms with Gasteiger partial charge in [0.25, 0.3) is 5.91 Å². The van der Waals surface area contributed by atoms with Gasteiger partial charge in [0.1, 0.15) is 5.75 Å². The molecule has 0 radical (unpaired) electrons. The fourth-order valence-electron chi connectivity index (χ4n) is 2.31. The van der Waals surface area contributed by atoms with Crippen molar-refractivity contribution in [3.63, 3.8) is 0 Å². The smallest absolute Gasteiger partial charge is 0.452 e. The standard InChI is InChI=1S/C19H17F5N2O6S/c1-11(18(28)26-12-2-4-13(5-3-12)32-19(22,23)24)31-17(27)8-9-25-33(29,30)14-6-7-15(20)16(21)10-14/h2-7,10-11,25H,8-9H2,1H3,(H,26,28). The van der Waals surface area contributed by atoms with Crippen LogP contribution in [-0.2, 0) is 24.3 Å². The van der Waals surface area contributed by atoms with Crippen LogP contribution in [0.4, 0.5) is 27.6 Å². The third-order valence-corrected chi connectivity index (χ3v) is 5.31. The summed E-state index contributed by atoms with van der Waals surface area (Å²) in [6.07, 6.45) is -6.66. The molecule has 1 amide bonds. The van der Waals surface area contributed by atoms with Gasteiger partial charge in [-0.1, -0.05) is 0 Å². The second-order valence-corrected chi connectivity index (χ2v) is 8.18. The number of hydrogen-bond donors (Lipinski definition) is 2. The van der Waals surface area contributed by atoms with Crippen LogP contribution < -0.4 is 14.8 Å². The Morgan fingerprint density at radius 3 is 2.24 bits per heavy atom. The number of esters is 1. The molecule has 33 heavy (non-hydrogen) atoms. The fraction of sp³-hybridized carbons (Fsp3) is 0.263. The molecule has 0 aromatic heterocycles. The average Bonchev–Trinajstić information content (AvgIpc) is 2.70. The number of nitrogens with one attached hydrogen (secondary N) is 2. The molecule has 2 aromatic carbocycles. The largest absolute Gasteiger partial charge is 0.573 e. The SMILES string of the molecule is CC(OC(=O)CCNS(=O)(=O)c1ccc(F)c(F)c1)C(=O)Nc1ccc(OC(F)(F)F)cc1. The summed E-state index contributed by atoms with van der Waals surface area (Å²) in [7, 11) is -4.22. The molecule has 0 aliphatic rings. The number of carbonyl (C=O) groups is 2. The number of ether oxygens (including phenoxy) is 2. The molecule has 0 aliphatic carbocycles. The summed E-state index contributed by atoms with van der Waals surface area (Å²) >= 11 is 0. The van der Waals surface area contributed by atoms with E-state index in [4.69, 9.17) is 4.74 Å². The van der Waals surface area contributed by atoms with Crippen LogP contribution in [-0.4, -0.2) is 39.3 Å². The summed E-state index contributed by atoms with van der Waals surface area (Å²) in [5.74, 6) is -4.82. The average molecular weight is 496 g/mol. The lowest BCUT2D eigenvalue weighted by atomic mass is 10.3. The molecule has 1 atom stereocenters. The number of amides is 1. The van der Waals surface area contributed by atoms with Crippen molar-refractivity contribution in [3.05, 3.63) is 54.1 Å². The van der Waals surface area contributed by atoms with E-state index in [-0.39, 0.29) is 5.69 Å². The van der Waals surface area contributed by atoms with Gasteiger partial charge in [-0.2, -0.15) is 0 Å². The van der Waals surface area contributed by atoms with Crippen molar-refractivity contribution < 1.29 is 49.4 Å². The van der Waals surface area contributed by atoms with Crippen molar-refractivity contribution in [1.29, 1.82) is 0 Å². The van der Waals surface area contributed by atoms with Gasteiger partial charge in [-0.3, -0.25) is 9.59 Å². The molecule has 14 heteroatoms. The molecule has 180 valence electrons. The van der Waals surface area contributed by atoms with E-state index in [0.29, 0.717) is 12.1 Å². The van der Waals surface area contributed by atoms with E-state index in [2.05, 4.69) is 10.1 Å². The molecule has 0 saturated carbocycles. The Hall–Kier alpha value is -3.26. The van der Waals surface area contributed by atoms with E-state index in [0.717, 1.165) is 30.3 Å². The quantitative estimate of drug-likeness (QED) is 0.408. The van der Waals surface area contributed by atoms with Gasteiger partial charge in [0, 0.05) is 12.2 Å². The van der Waals surface area contributed by atoms with Gasteiger partial charge in [0.15, 0.2) is 17.7 Å². The second kappa shape index (κ2) is 10.6. The maximum atomic E-state index is 13.2. The van der Waals surface area contributed by atoms with Crippen molar-refractivity contribution >= 4 is 27.6 Å². The zero-order valence-corrected chi connectivity index (χ0v) is 17.6. The number of halogens is 5. The Bertz CT molecular complexity index is 1110. The number of hydrogen-bond acceptors (Lipinski definition) is 6. The highest BCUT2D eigenvalue weighted by Crippen LogP contribution is 2.24. The molecule has 2 N–H and O–H groups in total. The van der Waals surface area contributed by atoms with E-state index >= 15 is 0 Å². The van der Waals surface area contributed by atoms with Gasteiger partial charge in [-0.15, -0.1) is 13.2 Å². The molecule has 1 unspecified atom stereocenters. The molecule has 0 aliphatic heterocycles. The zero-order valence-electron chi connectivity index (χ0n) is 16.8. The van der Waals surface area contributed by atoms with Crippen LogP contribution in [0, 0.1) is 11.6 Å². The Morgan fingerprint density at radius 1 is 1.03 bits per heavy atom. The number of anilines is 1. The summed E-state index contributed by atoms with van der Waals surface area (Å²) in [4.78, 5) is 23.4. The maximum absolute atomic E-state index is 13.2. The van der Waals surface area contributed by atoms with Crippen LogP contribution in [0.3, 0.4) is 0 Å². The van der Waals surface area contributed by atoms with Crippen molar-refractivity contribution in [1.82, 2.24) is 4.72 Å². The highest BCUT2D eigenvalue weighted by Gasteiger charge is 2.31. The molecule has 0 fully saturated rings. The first-order valence-corrected chi connectivity index (χ1v) is 10.6. The van der Waals surface area contributed by atoms with E-state index < -0.39 is 69.6 Å². The maximum Gasteiger partial charge on any atom is 0.573 e. The van der Waals surface area contributed by atoms with Gasteiger partial charge < -0.3 is 14.8 Å². The summed E-state index contributed by atoms with van der Waals surface area (Å²) < 4.78 is 97.1. The predicted octanol–water partition coefficient (Wildman–Crippen LogP) is 3.10. The highest BCUT2D eigenvalue weighted by molar-refractivity contribution is 7.89. The first kappa shape index (κ1) is 26.0. The first-order chi connectivity index (χ1) is 15.3. The van der Waals surface area contributed by atoms with Crippen LogP contribution in [0.15, 0.2) is 47.4 Å². The Kier molecular flexibility index (Phi) is 8.33. The highest BCUT2D eigenvalue weighted by atomic mass is 32.2. The van der Waals surface area contributed by atoms with Crippen molar-refractivity contribution in [2.75, 3.05) is 11.9 Å². The van der Waals surface area contributed by atoms with E-state index in [1.165, 1.54) is 6.92 Å². The second-order valence-electron chi connectivity index (χ2n) is 6.42. The number of rotatable bonds is 9. The van der Waals surface area contributed by atoms with Crippen LogP contribution in [0.1, 0.15) is 13.3 Å². The topological polar surface area (TPSA) is 111 Å². The molecule has 0 heterocycles. The summed E-state index contributed by atoms with van der Waals surface area (Å²) in [5.41, 5.74) is 0.108. The number of carbonyl (C=O) groups excluding carboxylic acids is 2. The predicted molar refractivity (Wildman–Crippen MR) is 103 cm³/mol. The van der Waals surface area contributed by atoms with Gasteiger partial charge >= 0.3 is 12.3 Å². The Morgan fingerprint density at radius 2 is 1.67 bits per heavy atom. The third-order valence-electron chi connectivity index (χ3n) is 3.86. The minimum absolute atomic E-state index is 0.108. The number of benzene rings is 2. The van der Waals surface area contributed by atoms with Crippen molar-refractivity contribution in [2.24, 2.45) is 0 Å². The van der Waals surface area contributed by atoms with Crippen LogP contribution in [0.5, 0.6) is 5.75 Å². The van der Waals surface area contributed by atoms with E-state index in [1.807, 2.05) is 4.72 Å². The number of alkyl halides is 3. The third kappa shape index (κ3) is 8.31. The van der Waals surface area contributed by atoms with Gasteiger partial charge in [-0.25, -0.2) is 21.9 Å². The lowest BCUT2D eigenvalue weighted by Crippen LogP contribution is -2.32. The summed E-state index contributed by atoms with van der Waals surface area (Å²) in [5, 5.41) is 2.32. The molecular formula is C19H17F5N2O6S. The molecule has 0 saturated heterocycles. The first-order valence-electron chi connectivity index (χ1n) is 9.08.